The van der Waals surface area contributed by atoms with E-state index in [0.717, 1.165) is 18.2 Å². The highest BCUT2D eigenvalue weighted by molar-refractivity contribution is 7.98. The molecule has 0 unspecified atom stereocenters. The summed E-state index contributed by atoms with van der Waals surface area (Å²) in [6.07, 6.45) is 2.72. The summed E-state index contributed by atoms with van der Waals surface area (Å²) in [6.45, 7) is 0.720. The SMILES string of the molecule is NCc1c(C2CC2)[nH]c2c1CSC2. The van der Waals surface area contributed by atoms with Crippen LogP contribution in [0.1, 0.15) is 41.3 Å². The quantitative estimate of drug-likeness (QED) is 0.757. The summed E-state index contributed by atoms with van der Waals surface area (Å²) in [6, 6.07) is 0. The third-order valence-corrected chi connectivity index (χ3v) is 4.01. The van der Waals surface area contributed by atoms with Crippen LogP contribution in [0, 0.1) is 0 Å². The van der Waals surface area contributed by atoms with E-state index < -0.39 is 0 Å². The Morgan fingerprint density at radius 1 is 1.38 bits per heavy atom. The summed E-state index contributed by atoms with van der Waals surface area (Å²) in [7, 11) is 0. The second-order valence-electron chi connectivity index (χ2n) is 3.95. The number of thioether (sulfide) groups is 1. The van der Waals surface area contributed by atoms with Crippen LogP contribution in [0.3, 0.4) is 0 Å². The lowest BCUT2D eigenvalue weighted by molar-refractivity contribution is 0.959. The molecule has 2 heterocycles. The molecule has 13 heavy (non-hydrogen) atoms. The molecule has 1 aromatic heterocycles. The van der Waals surface area contributed by atoms with E-state index in [2.05, 4.69) is 4.98 Å². The standard InChI is InChI=1S/C10H14N2S/c11-3-7-8-4-13-5-9(8)12-10(7)6-1-2-6/h6,12H,1-5,11H2. The van der Waals surface area contributed by atoms with Crippen LogP contribution in [-0.4, -0.2) is 4.98 Å². The van der Waals surface area contributed by atoms with Gasteiger partial charge in [-0.3, -0.25) is 0 Å². The van der Waals surface area contributed by atoms with Gasteiger partial charge in [0.2, 0.25) is 0 Å². The Balaban J connectivity index is 2.09. The van der Waals surface area contributed by atoms with Gasteiger partial charge in [0.05, 0.1) is 0 Å². The van der Waals surface area contributed by atoms with Crippen LogP contribution in [0.15, 0.2) is 0 Å². The smallest absolute Gasteiger partial charge is 0.0342 e. The maximum absolute atomic E-state index is 5.80. The number of H-pyrrole nitrogens is 1. The average Bonchev–Trinajstić information content (AvgIpc) is 2.76. The maximum Gasteiger partial charge on any atom is 0.0342 e. The zero-order valence-corrected chi connectivity index (χ0v) is 8.41. The lowest BCUT2D eigenvalue weighted by Gasteiger charge is -2.01. The maximum atomic E-state index is 5.80. The Labute approximate surface area is 82.3 Å². The Hall–Kier alpha value is -0.410. The molecule has 1 saturated carbocycles. The number of aromatic amines is 1. The second-order valence-corrected chi connectivity index (χ2v) is 4.93. The molecule has 1 aliphatic carbocycles. The van der Waals surface area contributed by atoms with Crippen molar-refractivity contribution in [2.75, 3.05) is 0 Å². The summed E-state index contributed by atoms with van der Waals surface area (Å²) in [5, 5.41) is 0. The molecule has 0 bridgehead atoms. The third kappa shape index (κ3) is 1.14. The topological polar surface area (TPSA) is 41.8 Å². The van der Waals surface area contributed by atoms with Crippen LogP contribution < -0.4 is 5.73 Å². The molecule has 3 rings (SSSR count). The van der Waals surface area contributed by atoms with Crippen molar-refractivity contribution in [2.24, 2.45) is 5.73 Å². The van der Waals surface area contributed by atoms with Crippen LogP contribution in [0.4, 0.5) is 0 Å². The number of rotatable bonds is 2. The predicted molar refractivity (Wildman–Crippen MR) is 55.7 cm³/mol. The minimum absolute atomic E-state index is 0.720. The average molecular weight is 194 g/mol. The van der Waals surface area contributed by atoms with Gasteiger partial charge < -0.3 is 10.7 Å². The number of nitrogens with two attached hydrogens (primary N) is 1. The van der Waals surface area contributed by atoms with Gasteiger partial charge in [-0.2, -0.15) is 11.8 Å². The molecular formula is C10H14N2S. The van der Waals surface area contributed by atoms with Crippen LogP contribution in [0.5, 0.6) is 0 Å². The van der Waals surface area contributed by atoms with Crippen LogP contribution >= 0.6 is 11.8 Å². The molecule has 70 valence electrons. The number of nitrogens with one attached hydrogen (secondary N) is 1. The predicted octanol–water partition coefficient (Wildman–Crippen LogP) is 2.10. The van der Waals surface area contributed by atoms with Gasteiger partial charge in [0.25, 0.3) is 0 Å². The summed E-state index contributed by atoms with van der Waals surface area (Å²) in [5.74, 6) is 3.15. The highest BCUT2D eigenvalue weighted by Crippen LogP contribution is 2.45. The van der Waals surface area contributed by atoms with Gasteiger partial charge >= 0.3 is 0 Å². The zero-order valence-electron chi connectivity index (χ0n) is 7.60. The molecule has 0 aromatic carbocycles. The normalized spacial score (nSPS) is 20.7. The van der Waals surface area contributed by atoms with E-state index in [4.69, 9.17) is 5.73 Å². The first-order chi connectivity index (χ1) is 6.40. The van der Waals surface area contributed by atoms with E-state index in [1.54, 1.807) is 0 Å². The molecule has 0 saturated heterocycles. The number of fused-ring (bicyclic) bond motifs is 1. The van der Waals surface area contributed by atoms with Gasteiger partial charge in [-0.15, -0.1) is 0 Å². The summed E-state index contributed by atoms with van der Waals surface area (Å²) >= 11 is 1.99. The van der Waals surface area contributed by atoms with Gasteiger partial charge in [-0.25, -0.2) is 0 Å². The molecule has 3 N–H and O–H groups in total. The molecule has 3 heteroatoms. The van der Waals surface area contributed by atoms with Crippen molar-refractivity contribution >= 4 is 11.8 Å². The van der Waals surface area contributed by atoms with Crippen LogP contribution in [-0.2, 0) is 18.1 Å². The van der Waals surface area contributed by atoms with E-state index in [1.165, 1.54) is 41.1 Å². The highest BCUT2D eigenvalue weighted by Gasteiger charge is 2.31. The fourth-order valence-electron chi connectivity index (χ4n) is 2.16. The molecule has 1 fully saturated rings. The lowest BCUT2D eigenvalue weighted by Crippen LogP contribution is -2.01. The molecule has 0 spiro atoms. The first-order valence-corrected chi connectivity index (χ1v) is 6.06. The van der Waals surface area contributed by atoms with Crippen molar-refractivity contribution in [3.63, 3.8) is 0 Å². The number of hydrogen-bond acceptors (Lipinski definition) is 2. The zero-order chi connectivity index (χ0) is 8.84. The van der Waals surface area contributed by atoms with Crippen molar-refractivity contribution in [3.05, 3.63) is 22.5 Å². The van der Waals surface area contributed by atoms with E-state index in [1.807, 2.05) is 11.8 Å². The molecule has 0 amide bonds. The monoisotopic (exact) mass is 194 g/mol. The van der Waals surface area contributed by atoms with Crippen molar-refractivity contribution < 1.29 is 0 Å². The molecule has 1 aliphatic heterocycles. The third-order valence-electron chi connectivity index (χ3n) is 3.02. The molecule has 2 nitrogen and oxygen atoms in total. The van der Waals surface area contributed by atoms with Crippen molar-refractivity contribution in [3.8, 4) is 0 Å². The Morgan fingerprint density at radius 2 is 2.23 bits per heavy atom. The van der Waals surface area contributed by atoms with E-state index in [-0.39, 0.29) is 0 Å². The minimum Gasteiger partial charge on any atom is -0.361 e. The summed E-state index contributed by atoms with van der Waals surface area (Å²) < 4.78 is 0. The highest BCUT2D eigenvalue weighted by atomic mass is 32.2. The van der Waals surface area contributed by atoms with Crippen molar-refractivity contribution in [2.45, 2.75) is 36.8 Å². The number of aromatic nitrogens is 1. The molecule has 2 aliphatic rings. The molecular weight excluding hydrogens is 180 g/mol. The second kappa shape index (κ2) is 2.79. The fraction of sp³-hybridized carbons (Fsp3) is 0.600. The molecule has 0 radical (unpaired) electrons. The fourth-order valence-corrected chi connectivity index (χ4v) is 3.27. The van der Waals surface area contributed by atoms with Gasteiger partial charge in [-0.1, -0.05) is 0 Å². The van der Waals surface area contributed by atoms with Gasteiger partial charge in [0.1, 0.15) is 0 Å². The Kier molecular flexibility index (Phi) is 1.70. The Bertz CT molecular complexity index is 339. The lowest BCUT2D eigenvalue weighted by atomic mass is 10.1. The molecule has 0 atom stereocenters. The van der Waals surface area contributed by atoms with E-state index in [9.17, 15) is 0 Å². The van der Waals surface area contributed by atoms with E-state index in [0.29, 0.717) is 0 Å². The summed E-state index contributed by atoms with van der Waals surface area (Å²) in [4.78, 5) is 3.57. The van der Waals surface area contributed by atoms with Gasteiger partial charge in [-0.05, 0) is 29.9 Å². The minimum atomic E-state index is 0.720. The first-order valence-electron chi connectivity index (χ1n) is 4.90. The van der Waals surface area contributed by atoms with Crippen LogP contribution in [0.2, 0.25) is 0 Å². The largest absolute Gasteiger partial charge is 0.361 e. The van der Waals surface area contributed by atoms with Gasteiger partial charge in [0, 0.05) is 29.4 Å². The first kappa shape index (κ1) is 7.94. The molecule has 1 aromatic rings. The summed E-state index contributed by atoms with van der Waals surface area (Å²) in [5.41, 5.74) is 11.7. The van der Waals surface area contributed by atoms with Crippen LogP contribution in [0.25, 0.3) is 0 Å². The van der Waals surface area contributed by atoms with Crippen molar-refractivity contribution in [1.82, 2.24) is 4.98 Å². The number of hydrogen-bond donors (Lipinski definition) is 2. The van der Waals surface area contributed by atoms with Gasteiger partial charge in [0.15, 0.2) is 0 Å². The van der Waals surface area contributed by atoms with Crippen molar-refractivity contribution in [1.29, 1.82) is 0 Å². The van der Waals surface area contributed by atoms with E-state index >= 15 is 0 Å². The Morgan fingerprint density at radius 3 is 2.92 bits per heavy atom.